The number of benzene rings is 1. The fourth-order valence-electron chi connectivity index (χ4n) is 1.19. The minimum absolute atomic E-state index is 0.179. The van der Waals surface area contributed by atoms with Crippen molar-refractivity contribution in [3.05, 3.63) is 28.3 Å². The number of nitrogens with one attached hydrogen (secondary N) is 1. The van der Waals surface area contributed by atoms with Crippen LogP contribution < -0.4 is 10.5 Å². The molecule has 1 rings (SSSR count). The van der Waals surface area contributed by atoms with Crippen LogP contribution in [0, 0.1) is 6.92 Å². The van der Waals surface area contributed by atoms with Crippen molar-refractivity contribution >= 4 is 27.5 Å². The molecular weight excluding hydrogens is 252 g/mol. The third kappa shape index (κ3) is 2.52. The zero-order chi connectivity index (χ0) is 12.5. The topological polar surface area (TPSA) is 89.3 Å². The number of hydrogen-bond acceptors (Lipinski definition) is 3. The van der Waals surface area contributed by atoms with Crippen molar-refractivity contribution in [1.82, 2.24) is 5.32 Å². The number of carbonyl (C=O) groups is 1. The minimum atomic E-state index is -3.87. The Labute approximate surface area is 98.6 Å². The maximum absolute atomic E-state index is 11.5. The Hall–Kier alpha value is -1.11. The lowest BCUT2D eigenvalue weighted by atomic mass is 10.1. The second kappa shape index (κ2) is 4.40. The van der Waals surface area contributed by atoms with Crippen LogP contribution in [0.3, 0.4) is 0 Å². The van der Waals surface area contributed by atoms with E-state index in [4.69, 9.17) is 16.7 Å². The van der Waals surface area contributed by atoms with Gasteiger partial charge in [0.05, 0.1) is 4.90 Å². The first-order valence-corrected chi connectivity index (χ1v) is 6.25. The molecule has 0 saturated heterocycles. The van der Waals surface area contributed by atoms with Crippen LogP contribution in [-0.2, 0) is 10.0 Å². The largest absolute Gasteiger partial charge is 0.355 e. The van der Waals surface area contributed by atoms with Gasteiger partial charge in [-0.2, -0.15) is 0 Å². The Morgan fingerprint density at radius 1 is 1.44 bits per heavy atom. The Balaban J connectivity index is 3.51. The van der Waals surface area contributed by atoms with Crippen LogP contribution in [0.25, 0.3) is 0 Å². The van der Waals surface area contributed by atoms with Gasteiger partial charge < -0.3 is 5.32 Å². The van der Waals surface area contributed by atoms with Gasteiger partial charge in [0.1, 0.15) is 0 Å². The van der Waals surface area contributed by atoms with E-state index in [9.17, 15) is 13.2 Å². The summed E-state index contributed by atoms with van der Waals surface area (Å²) in [4.78, 5) is 11.3. The predicted octanol–water partition coefficient (Wildman–Crippen LogP) is 0.655. The highest BCUT2D eigenvalue weighted by molar-refractivity contribution is 7.89. The van der Waals surface area contributed by atoms with Crippen molar-refractivity contribution < 1.29 is 13.2 Å². The molecule has 1 amide bonds. The number of rotatable bonds is 2. The van der Waals surface area contributed by atoms with Gasteiger partial charge in [-0.15, -0.1) is 0 Å². The molecule has 0 fully saturated rings. The molecule has 0 radical (unpaired) electrons. The van der Waals surface area contributed by atoms with E-state index in [-0.39, 0.29) is 15.5 Å². The summed E-state index contributed by atoms with van der Waals surface area (Å²) in [7, 11) is -2.43. The number of sulfonamides is 1. The van der Waals surface area contributed by atoms with E-state index < -0.39 is 15.9 Å². The Morgan fingerprint density at radius 3 is 2.44 bits per heavy atom. The van der Waals surface area contributed by atoms with Crippen molar-refractivity contribution in [1.29, 1.82) is 0 Å². The van der Waals surface area contributed by atoms with E-state index in [1.54, 1.807) is 6.92 Å². The van der Waals surface area contributed by atoms with Gasteiger partial charge >= 0.3 is 0 Å². The van der Waals surface area contributed by atoms with Crippen molar-refractivity contribution in [2.24, 2.45) is 5.14 Å². The smallest absolute Gasteiger partial charge is 0.251 e. The third-order valence-corrected chi connectivity index (χ3v) is 3.40. The van der Waals surface area contributed by atoms with Crippen LogP contribution in [-0.4, -0.2) is 21.4 Å². The maximum Gasteiger partial charge on any atom is 0.251 e. The number of carbonyl (C=O) groups excluding carboxylic acids is 1. The van der Waals surface area contributed by atoms with Crippen LogP contribution in [0.15, 0.2) is 17.0 Å². The number of primary sulfonamides is 1. The van der Waals surface area contributed by atoms with Crippen LogP contribution in [0.1, 0.15) is 15.9 Å². The Bertz CT molecular complexity index is 540. The second-order valence-corrected chi connectivity index (χ2v) is 5.17. The molecule has 0 atom stereocenters. The first-order valence-electron chi connectivity index (χ1n) is 4.32. The monoisotopic (exact) mass is 262 g/mol. The van der Waals surface area contributed by atoms with E-state index in [1.807, 2.05) is 0 Å². The standard InChI is InChI=1S/C9H11ClN2O3S/c1-5-7(9(13)12-2)3-6(4-8(5)10)16(11,14)15/h3-4H,1-2H3,(H,12,13)(H2,11,14,15). The summed E-state index contributed by atoms with van der Waals surface area (Å²) in [6.07, 6.45) is 0. The molecular formula is C9H11ClN2O3S. The number of nitrogens with two attached hydrogens (primary N) is 1. The summed E-state index contributed by atoms with van der Waals surface area (Å²) < 4.78 is 22.3. The molecule has 1 aromatic rings. The SMILES string of the molecule is CNC(=O)c1cc(S(N)(=O)=O)cc(Cl)c1C. The number of halogens is 1. The summed E-state index contributed by atoms with van der Waals surface area (Å²) in [5, 5.41) is 7.55. The lowest BCUT2D eigenvalue weighted by Gasteiger charge is -2.08. The summed E-state index contributed by atoms with van der Waals surface area (Å²) in [6.45, 7) is 1.62. The third-order valence-electron chi connectivity index (χ3n) is 2.12. The van der Waals surface area contributed by atoms with Crippen molar-refractivity contribution in [2.45, 2.75) is 11.8 Å². The molecule has 16 heavy (non-hydrogen) atoms. The molecule has 0 aliphatic heterocycles. The van der Waals surface area contributed by atoms with Gasteiger partial charge in [-0.1, -0.05) is 11.6 Å². The van der Waals surface area contributed by atoms with Crippen molar-refractivity contribution in [3.8, 4) is 0 Å². The molecule has 88 valence electrons. The first-order chi connectivity index (χ1) is 7.27. The highest BCUT2D eigenvalue weighted by Crippen LogP contribution is 2.23. The van der Waals surface area contributed by atoms with Gasteiger partial charge in [-0.05, 0) is 24.6 Å². The highest BCUT2D eigenvalue weighted by atomic mass is 35.5. The lowest BCUT2D eigenvalue weighted by Crippen LogP contribution is -2.20. The molecule has 7 heteroatoms. The van der Waals surface area contributed by atoms with Gasteiger partial charge in [-0.25, -0.2) is 13.6 Å². The molecule has 0 bridgehead atoms. The van der Waals surface area contributed by atoms with E-state index in [0.717, 1.165) is 0 Å². The van der Waals surface area contributed by atoms with E-state index in [0.29, 0.717) is 5.56 Å². The average molecular weight is 263 g/mol. The predicted molar refractivity (Wildman–Crippen MR) is 61.0 cm³/mol. The van der Waals surface area contributed by atoms with Gasteiger partial charge in [-0.3, -0.25) is 4.79 Å². The molecule has 1 aromatic carbocycles. The van der Waals surface area contributed by atoms with E-state index in [2.05, 4.69) is 5.32 Å². The summed E-state index contributed by atoms with van der Waals surface area (Å²) in [5.74, 6) is -0.412. The van der Waals surface area contributed by atoms with E-state index >= 15 is 0 Å². The number of amides is 1. The number of hydrogen-bond donors (Lipinski definition) is 2. The molecule has 0 saturated carbocycles. The van der Waals surface area contributed by atoms with Gasteiger partial charge in [0.25, 0.3) is 5.91 Å². The van der Waals surface area contributed by atoms with Crippen molar-refractivity contribution in [2.75, 3.05) is 7.05 Å². The van der Waals surface area contributed by atoms with Crippen LogP contribution >= 0.6 is 11.6 Å². The lowest BCUT2D eigenvalue weighted by molar-refractivity contribution is 0.0962. The van der Waals surface area contributed by atoms with Crippen LogP contribution in [0.4, 0.5) is 0 Å². The quantitative estimate of drug-likeness (QED) is 0.820. The molecule has 3 N–H and O–H groups in total. The zero-order valence-electron chi connectivity index (χ0n) is 8.74. The Kier molecular flexibility index (Phi) is 3.57. The maximum atomic E-state index is 11.5. The normalized spacial score (nSPS) is 11.2. The molecule has 5 nitrogen and oxygen atoms in total. The Morgan fingerprint density at radius 2 is 2.00 bits per heavy atom. The summed E-state index contributed by atoms with van der Waals surface area (Å²) in [5.41, 5.74) is 0.701. The van der Waals surface area contributed by atoms with Gasteiger partial charge in [0.2, 0.25) is 10.0 Å². The zero-order valence-corrected chi connectivity index (χ0v) is 10.3. The molecule has 0 aliphatic carbocycles. The minimum Gasteiger partial charge on any atom is -0.355 e. The highest BCUT2D eigenvalue weighted by Gasteiger charge is 2.16. The first kappa shape index (κ1) is 13.0. The average Bonchev–Trinajstić information content (AvgIpc) is 2.19. The van der Waals surface area contributed by atoms with Crippen LogP contribution in [0.5, 0.6) is 0 Å². The summed E-state index contributed by atoms with van der Waals surface area (Å²) >= 11 is 5.83. The molecule has 0 unspecified atom stereocenters. The summed E-state index contributed by atoms with van der Waals surface area (Å²) in [6, 6.07) is 2.42. The van der Waals surface area contributed by atoms with Gasteiger partial charge in [0, 0.05) is 17.6 Å². The van der Waals surface area contributed by atoms with Gasteiger partial charge in [0.15, 0.2) is 0 Å². The molecule has 0 aromatic heterocycles. The van der Waals surface area contributed by atoms with Crippen LogP contribution in [0.2, 0.25) is 5.02 Å². The fraction of sp³-hybridized carbons (Fsp3) is 0.222. The fourth-order valence-corrected chi connectivity index (χ4v) is 2.04. The van der Waals surface area contributed by atoms with E-state index in [1.165, 1.54) is 19.2 Å². The molecule has 0 heterocycles. The molecule has 0 aliphatic rings. The second-order valence-electron chi connectivity index (χ2n) is 3.20. The van der Waals surface area contributed by atoms with Crippen molar-refractivity contribution in [3.63, 3.8) is 0 Å². The molecule has 0 spiro atoms.